The second kappa shape index (κ2) is 10.6. The first-order chi connectivity index (χ1) is 15.3. The van der Waals surface area contributed by atoms with E-state index in [0.29, 0.717) is 22.7 Å². The Bertz CT molecular complexity index is 1070. The van der Waals surface area contributed by atoms with Crippen molar-refractivity contribution in [1.29, 1.82) is 0 Å². The Morgan fingerprint density at radius 1 is 1.12 bits per heavy atom. The summed E-state index contributed by atoms with van der Waals surface area (Å²) < 4.78 is 31.9. The fourth-order valence-electron chi connectivity index (χ4n) is 3.71. The molecule has 174 valence electrons. The van der Waals surface area contributed by atoms with Crippen LogP contribution in [0.3, 0.4) is 0 Å². The van der Waals surface area contributed by atoms with Crippen molar-refractivity contribution >= 4 is 38.2 Å². The number of carbonyl (C=O) groups is 2. The van der Waals surface area contributed by atoms with E-state index in [0.717, 1.165) is 49.0 Å². The highest BCUT2D eigenvalue weighted by atomic mass is 32.2. The zero-order chi connectivity index (χ0) is 23.3. The van der Waals surface area contributed by atoms with Gasteiger partial charge in [0.2, 0.25) is 10.0 Å². The summed E-state index contributed by atoms with van der Waals surface area (Å²) in [6, 6.07) is 5.87. The number of ether oxygens (including phenoxy) is 1. The SMILES string of the molecule is CCCCN(C)S(=O)(=O)c1ccc(C(=O)Nc2sc3c(c2C(=O)OCC)CCCC3)cc1. The molecule has 1 aliphatic carbocycles. The van der Waals surface area contributed by atoms with Gasteiger partial charge in [0.05, 0.1) is 17.1 Å². The molecule has 1 N–H and O–H groups in total. The molecule has 2 aromatic rings. The number of anilines is 1. The van der Waals surface area contributed by atoms with Gasteiger partial charge in [-0.05, 0) is 68.9 Å². The molecule has 1 aromatic carbocycles. The summed E-state index contributed by atoms with van der Waals surface area (Å²) in [7, 11) is -2.04. The molecule has 0 bridgehead atoms. The maximum Gasteiger partial charge on any atom is 0.341 e. The van der Waals surface area contributed by atoms with E-state index in [4.69, 9.17) is 4.74 Å². The van der Waals surface area contributed by atoms with Gasteiger partial charge in [-0.25, -0.2) is 17.5 Å². The molecule has 1 heterocycles. The Hall–Kier alpha value is -2.23. The van der Waals surface area contributed by atoms with E-state index < -0.39 is 21.9 Å². The summed E-state index contributed by atoms with van der Waals surface area (Å²) in [6.07, 6.45) is 5.44. The Kier molecular flexibility index (Phi) is 8.08. The highest BCUT2D eigenvalue weighted by Gasteiger charge is 2.27. The van der Waals surface area contributed by atoms with Crippen LogP contribution in [0, 0.1) is 0 Å². The molecule has 0 unspecified atom stereocenters. The number of aryl methyl sites for hydroxylation is 1. The number of sulfonamides is 1. The summed E-state index contributed by atoms with van der Waals surface area (Å²) in [4.78, 5) is 26.7. The fraction of sp³-hybridized carbons (Fsp3) is 0.478. The average molecular weight is 479 g/mol. The summed E-state index contributed by atoms with van der Waals surface area (Å²) in [5, 5.41) is 3.35. The largest absolute Gasteiger partial charge is 0.462 e. The highest BCUT2D eigenvalue weighted by Crippen LogP contribution is 2.38. The topological polar surface area (TPSA) is 92.8 Å². The fourth-order valence-corrected chi connectivity index (χ4v) is 6.19. The van der Waals surface area contributed by atoms with E-state index in [-0.39, 0.29) is 11.5 Å². The predicted molar refractivity (Wildman–Crippen MR) is 126 cm³/mol. The molecule has 0 spiro atoms. The van der Waals surface area contributed by atoms with Crippen LogP contribution in [0.4, 0.5) is 5.00 Å². The molecule has 32 heavy (non-hydrogen) atoms. The van der Waals surface area contributed by atoms with E-state index in [9.17, 15) is 18.0 Å². The summed E-state index contributed by atoms with van der Waals surface area (Å²) in [6.45, 7) is 4.47. The van der Waals surface area contributed by atoms with Gasteiger partial charge in [-0.1, -0.05) is 13.3 Å². The van der Waals surface area contributed by atoms with E-state index in [2.05, 4.69) is 5.32 Å². The van der Waals surface area contributed by atoms with Crippen molar-refractivity contribution < 1.29 is 22.7 Å². The molecule has 0 saturated carbocycles. The van der Waals surface area contributed by atoms with Crippen LogP contribution in [0.2, 0.25) is 0 Å². The lowest BCUT2D eigenvalue weighted by molar-refractivity contribution is 0.0526. The summed E-state index contributed by atoms with van der Waals surface area (Å²) in [5.74, 6) is -0.809. The first-order valence-corrected chi connectivity index (χ1v) is 13.2. The molecule has 7 nitrogen and oxygen atoms in total. The normalized spacial score (nSPS) is 13.6. The number of hydrogen-bond donors (Lipinski definition) is 1. The lowest BCUT2D eigenvalue weighted by atomic mass is 9.95. The van der Waals surface area contributed by atoms with Crippen molar-refractivity contribution in [3.05, 3.63) is 45.8 Å². The molecule has 0 atom stereocenters. The van der Waals surface area contributed by atoms with Gasteiger partial charge in [0.25, 0.3) is 5.91 Å². The van der Waals surface area contributed by atoms with Crippen LogP contribution in [0.25, 0.3) is 0 Å². The van der Waals surface area contributed by atoms with Gasteiger partial charge in [-0.2, -0.15) is 0 Å². The zero-order valence-electron chi connectivity index (χ0n) is 18.8. The minimum absolute atomic E-state index is 0.145. The Morgan fingerprint density at radius 2 is 1.81 bits per heavy atom. The molecular formula is C23H30N2O5S2. The predicted octanol–water partition coefficient (Wildman–Crippen LogP) is 4.48. The maximum absolute atomic E-state index is 12.9. The van der Waals surface area contributed by atoms with Crippen LogP contribution < -0.4 is 5.32 Å². The number of nitrogens with one attached hydrogen (secondary N) is 1. The first kappa shape index (κ1) is 24.4. The number of thiophene rings is 1. The number of esters is 1. The van der Waals surface area contributed by atoms with E-state index in [1.54, 1.807) is 14.0 Å². The van der Waals surface area contributed by atoms with Crippen molar-refractivity contribution in [3.63, 3.8) is 0 Å². The number of benzene rings is 1. The molecule has 1 aromatic heterocycles. The molecule has 0 fully saturated rings. The number of carbonyl (C=O) groups excluding carboxylic acids is 2. The third-order valence-corrected chi connectivity index (χ3v) is 8.61. The maximum atomic E-state index is 12.9. The van der Waals surface area contributed by atoms with Crippen LogP contribution in [-0.4, -0.2) is 44.8 Å². The Labute approximate surface area is 193 Å². The quantitative estimate of drug-likeness (QED) is 0.537. The minimum Gasteiger partial charge on any atom is -0.462 e. The molecular weight excluding hydrogens is 448 g/mol. The van der Waals surface area contributed by atoms with Crippen molar-refractivity contribution in [2.24, 2.45) is 0 Å². The van der Waals surface area contributed by atoms with Crippen molar-refractivity contribution in [2.75, 3.05) is 25.5 Å². The number of nitrogens with zero attached hydrogens (tertiary/aromatic N) is 1. The summed E-state index contributed by atoms with van der Waals surface area (Å²) >= 11 is 1.42. The molecule has 1 aliphatic rings. The highest BCUT2D eigenvalue weighted by molar-refractivity contribution is 7.89. The smallest absolute Gasteiger partial charge is 0.341 e. The number of hydrogen-bond acceptors (Lipinski definition) is 6. The second-order valence-corrected chi connectivity index (χ2v) is 10.9. The van der Waals surface area contributed by atoms with Crippen molar-refractivity contribution in [1.82, 2.24) is 4.31 Å². The second-order valence-electron chi connectivity index (χ2n) is 7.79. The molecule has 0 radical (unpaired) electrons. The van der Waals surface area contributed by atoms with Crippen LogP contribution in [0.1, 0.15) is 70.7 Å². The molecule has 0 saturated heterocycles. The van der Waals surface area contributed by atoms with Crippen molar-refractivity contribution in [2.45, 2.75) is 57.3 Å². The van der Waals surface area contributed by atoms with Crippen LogP contribution in [0.15, 0.2) is 29.2 Å². The number of rotatable bonds is 9. The zero-order valence-corrected chi connectivity index (χ0v) is 20.4. The molecule has 9 heteroatoms. The number of amides is 1. The van der Waals surface area contributed by atoms with Gasteiger partial charge in [0.1, 0.15) is 5.00 Å². The van der Waals surface area contributed by atoms with Crippen LogP contribution in [0.5, 0.6) is 0 Å². The van der Waals surface area contributed by atoms with Gasteiger partial charge in [0, 0.05) is 24.0 Å². The lowest BCUT2D eigenvalue weighted by Gasteiger charge is -2.17. The third-order valence-electron chi connectivity index (χ3n) is 5.53. The third kappa shape index (κ3) is 5.22. The first-order valence-electron chi connectivity index (χ1n) is 11.0. The van der Waals surface area contributed by atoms with Crippen LogP contribution >= 0.6 is 11.3 Å². The van der Waals surface area contributed by atoms with Gasteiger partial charge in [-0.3, -0.25) is 4.79 Å². The van der Waals surface area contributed by atoms with Crippen LogP contribution in [-0.2, 0) is 27.6 Å². The van der Waals surface area contributed by atoms with Gasteiger partial charge in [0.15, 0.2) is 0 Å². The van der Waals surface area contributed by atoms with Gasteiger partial charge < -0.3 is 10.1 Å². The average Bonchev–Trinajstić information content (AvgIpc) is 3.15. The standard InChI is InChI=1S/C23H30N2O5S2/c1-4-6-15-25(3)32(28,29)17-13-11-16(12-14-17)21(26)24-22-20(23(27)30-5-2)18-9-7-8-10-19(18)31-22/h11-14H,4-10,15H2,1-3H3,(H,24,26). The molecule has 1 amide bonds. The van der Waals surface area contributed by atoms with Gasteiger partial charge in [-0.15, -0.1) is 11.3 Å². The minimum atomic E-state index is -3.60. The lowest BCUT2D eigenvalue weighted by Crippen LogP contribution is -2.28. The molecule has 3 rings (SSSR count). The van der Waals surface area contributed by atoms with E-state index >= 15 is 0 Å². The molecule has 0 aliphatic heterocycles. The van der Waals surface area contributed by atoms with Crippen molar-refractivity contribution in [3.8, 4) is 0 Å². The summed E-state index contributed by atoms with van der Waals surface area (Å²) in [5.41, 5.74) is 1.75. The number of unbranched alkanes of at least 4 members (excludes halogenated alkanes) is 1. The van der Waals surface area contributed by atoms with E-state index in [1.807, 2.05) is 6.92 Å². The van der Waals surface area contributed by atoms with Gasteiger partial charge >= 0.3 is 5.97 Å². The Morgan fingerprint density at radius 3 is 2.47 bits per heavy atom. The Balaban J connectivity index is 1.81. The number of fused-ring (bicyclic) bond motifs is 1. The van der Waals surface area contributed by atoms with E-state index in [1.165, 1.54) is 39.9 Å². The monoisotopic (exact) mass is 478 g/mol.